The second kappa shape index (κ2) is 7.33. The molecule has 0 amide bonds. The van der Waals surface area contributed by atoms with Crippen LogP contribution in [0.4, 0.5) is 5.69 Å². The van der Waals surface area contributed by atoms with E-state index in [1.165, 1.54) is 0 Å². The number of hydrogen-bond donors (Lipinski definition) is 1. The largest absolute Gasteiger partial charge is 0.314 e. The molecule has 1 saturated heterocycles. The average molecular weight is 289 g/mol. The molecule has 0 unspecified atom stereocenters. The number of rotatable bonds is 6. The van der Waals surface area contributed by atoms with Gasteiger partial charge in [-0.3, -0.25) is 15.0 Å². The van der Waals surface area contributed by atoms with Gasteiger partial charge in [0.2, 0.25) is 0 Å². The van der Waals surface area contributed by atoms with E-state index in [1.807, 2.05) is 18.2 Å². The second-order valence-corrected chi connectivity index (χ2v) is 5.47. The molecule has 1 aromatic rings. The number of aryl methyl sites for hydroxylation is 1. The van der Waals surface area contributed by atoms with E-state index in [0.29, 0.717) is 5.56 Å². The summed E-state index contributed by atoms with van der Waals surface area (Å²) >= 11 is 0. The molecule has 0 aromatic heterocycles. The van der Waals surface area contributed by atoms with Crippen LogP contribution in [0.3, 0.4) is 0 Å². The van der Waals surface area contributed by atoms with Gasteiger partial charge in [-0.15, -0.1) is 6.58 Å². The third-order valence-corrected chi connectivity index (χ3v) is 4.05. The molecule has 1 aromatic carbocycles. The van der Waals surface area contributed by atoms with Gasteiger partial charge in [0.15, 0.2) is 0 Å². The Kier molecular flexibility index (Phi) is 5.47. The van der Waals surface area contributed by atoms with Crippen LogP contribution < -0.4 is 5.32 Å². The quantitative estimate of drug-likeness (QED) is 0.497. The van der Waals surface area contributed by atoms with Gasteiger partial charge in [0.1, 0.15) is 0 Å². The first-order chi connectivity index (χ1) is 10.1. The summed E-state index contributed by atoms with van der Waals surface area (Å²) in [5.41, 5.74) is 1.97. The molecule has 0 spiro atoms. The zero-order chi connectivity index (χ0) is 15.2. The van der Waals surface area contributed by atoms with Gasteiger partial charge in [-0.1, -0.05) is 18.2 Å². The first kappa shape index (κ1) is 15.7. The first-order valence-electron chi connectivity index (χ1n) is 7.44. The van der Waals surface area contributed by atoms with Crippen LogP contribution in [0.15, 0.2) is 30.9 Å². The Morgan fingerprint density at radius 2 is 2.19 bits per heavy atom. The van der Waals surface area contributed by atoms with E-state index in [4.69, 9.17) is 0 Å². The molecule has 0 saturated carbocycles. The van der Waals surface area contributed by atoms with E-state index in [2.05, 4.69) is 16.8 Å². The molecule has 2 rings (SSSR count). The van der Waals surface area contributed by atoms with Crippen LogP contribution in [0.25, 0.3) is 0 Å². The highest BCUT2D eigenvalue weighted by Crippen LogP contribution is 2.30. The molecule has 0 aliphatic carbocycles. The van der Waals surface area contributed by atoms with Crippen molar-refractivity contribution in [3.05, 3.63) is 52.1 Å². The van der Waals surface area contributed by atoms with E-state index in [0.717, 1.165) is 44.6 Å². The van der Waals surface area contributed by atoms with Gasteiger partial charge < -0.3 is 5.32 Å². The highest BCUT2D eigenvalue weighted by atomic mass is 16.6. The molecule has 1 aliphatic heterocycles. The Morgan fingerprint density at radius 3 is 2.81 bits per heavy atom. The second-order valence-electron chi connectivity index (χ2n) is 5.47. The molecule has 1 fully saturated rings. The molecule has 21 heavy (non-hydrogen) atoms. The third-order valence-electron chi connectivity index (χ3n) is 4.05. The number of nitrogens with zero attached hydrogens (tertiary/aromatic N) is 2. The van der Waals surface area contributed by atoms with Gasteiger partial charge in [0.05, 0.1) is 4.92 Å². The van der Waals surface area contributed by atoms with Crippen LogP contribution in [0.2, 0.25) is 0 Å². The van der Waals surface area contributed by atoms with Crippen molar-refractivity contribution >= 4 is 5.69 Å². The fourth-order valence-electron chi connectivity index (χ4n) is 2.86. The summed E-state index contributed by atoms with van der Waals surface area (Å²) in [6.45, 7) is 9.47. The summed E-state index contributed by atoms with van der Waals surface area (Å²) in [4.78, 5) is 13.3. The Hall–Kier alpha value is -1.72. The number of benzene rings is 1. The van der Waals surface area contributed by atoms with Gasteiger partial charge in [0, 0.05) is 43.9 Å². The highest BCUT2D eigenvalue weighted by molar-refractivity contribution is 5.43. The van der Waals surface area contributed by atoms with Crippen molar-refractivity contribution in [1.29, 1.82) is 0 Å². The van der Waals surface area contributed by atoms with E-state index in [1.54, 1.807) is 13.0 Å². The Bertz CT molecular complexity index is 510. The summed E-state index contributed by atoms with van der Waals surface area (Å²) in [6.07, 6.45) is 3.78. The lowest BCUT2D eigenvalue weighted by atomic mass is 9.97. The smallest absolute Gasteiger partial charge is 0.272 e. The molecule has 1 heterocycles. The highest BCUT2D eigenvalue weighted by Gasteiger charge is 2.23. The van der Waals surface area contributed by atoms with Gasteiger partial charge in [-0.05, 0) is 25.3 Å². The van der Waals surface area contributed by atoms with Crippen LogP contribution in [0, 0.1) is 17.0 Å². The van der Waals surface area contributed by atoms with Crippen molar-refractivity contribution in [1.82, 2.24) is 10.2 Å². The zero-order valence-electron chi connectivity index (χ0n) is 12.5. The zero-order valence-corrected chi connectivity index (χ0v) is 12.5. The molecular weight excluding hydrogens is 266 g/mol. The number of hydrogen-bond acceptors (Lipinski definition) is 4. The predicted octanol–water partition coefficient (Wildman–Crippen LogP) is 2.82. The van der Waals surface area contributed by atoms with E-state index in [-0.39, 0.29) is 16.7 Å². The third kappa shape index (κ3) is 3.89. The maximum atomic E-state index is 11.2. The summed E-state index contributed by atoms with van der Waals surface area (Å²) < 4.78 is 0. The molecule has 1 atom stereocenters. The monoisotopic (exact) mass is 289 g/mol. The van der Waals surface area contributed by atoms with Crippen LogP contribution in [-0.4, -0.2) is 36.0 Å². The van der Waals surface area contributed by atoms with Crippen molar-refractivity contribution in [3.8, 4) is 0 Å². The van der Waals surface area contributed by atoms with E-state index >= 15 is 0 Å². The van der Waals surface area contributed by atoms with Crippen LogP contribution in [-0.2, 0) is 0 Å². The summed E-state index contributed by atoms with van der Waals surface area (Å²) in [7, 11) is 0. The Morgan fingerprint density at radius 1 is 1.48 bits per heavy atom. The van der Waals surface area contributed by atoms with Crippen LogP contribution >= 0.6 is 0 Å². The maximum absolute atomic E-state index is 11.2. The molecule has 0 radical (unpaired) electrons. The van der Waals surface area contributed by atoms with Gasteiger partial charge in [-0.2, -0.15) is 0 Å². The Labute approximate surface area is 125 Å². The predicted molar refractivity (Wildman–Crippen MR) is 84.4 cm³/mol. The minimum absolute atomic E-state index is 0.214. The summed E-state index contributed by atoms with van der Waals surface area (Å²) in [6, 6.07) is 5.85. The minimum Gasteiger partial charge on any atom is -0.314 e. The molecular formula is C16H23N3O2. The number of nitro groups is 1. The van der Waals surface area contributed by atoms with Crippen LogP contribution in [0.5, 0.6) is 0 Å². The standard InChI is InChI=1S/C16H23N3O2/c1-3-4-5-15(18-10-8-17-9-11-18)14-7-6-13(2)16(12-14)19(20)21/h3,6-7,12,15,17H,1,4-5,8-11H2,2H3/t15-/m0/s1. The average Bonchev–Trinajstić information content (AvgIpc) is 2.50. The lowest BCUT2D eigenvalue weighted by Gasteiger charge is -2.35. The molecule has 1 aliphatic rings. The number of allylic oxidation sites excluding steroid dienone is 1. The Balaban J connectivity index is 2.28. The fourth-order valence-corrected chi connectivity index (χ4v) is 2.86. The molecule has 5 nitrogen and oxygen atoms in total. The van der Waals surface area contributed by atoms with Crippen molar-refractivity contribution in [2.45, 2.75) is 25.8 Å². The number of nitro benzene ring substituents is 1. The van der Waals surface area contributed by atoms with Crippen molar-refractivity contribution in [2.24, 2.45) is 0 Å². The number of piperazine rings is 1. The minimum atomic E-state index is -0.291. The van der Waals surface area contributed by atoms with Crippen molar-refractivity contribution in [2.75, 3.05) is 26.2 Å². The van der Waals surface area contributed by atoms with Gasteiger partial charge >= 0.3 is 0 Å². The van der Waals surface area contributed by atoms with Crippen molar-refractivity contribution < 1.29 is 4.92 Å². The first-order valence-corrected chi connectivity index (χ1v) is 7.44. The molecule has 5 heteroatoms. The number of nitrogens with one attached hydrogen (secondary N) is 1. The van der Waals surface area contributed by atoms with E-state index < -0.39 is 0 Å². The summed E-state index contributed by atoms with van der Waals surface area (Å²) in [5, 5.41) is 14.5. The molecule has 1 N–H and O–H groups in total. The molecule has 0 bridgehead atoms. The van der Waals surface area contributed by atoms with E-state index in [9.17, 15) is 10.1 Å². The maximum Gasteiger partial charge on any atom is 0.272 e. The summed E-state index contributed by atoms with van der Waals surface area (Å²) in [5.74, 6) is 0. The normalized spacial score (nSPS) is 17.4. The SMILES string of the molecule is C=CCC[C@@H](c1ccc(C)c([N+](=O)[O-])c1)N1CCNCC1. The fraction of sp³-hybridized carbons (Fsp3) is 0.500. The van der Waals surface area contributed by atoms with Crippen LogP contribution in [0.1, 0.15) is 30.0 Å². The lowest BCUT2D eigenvalue weighted by molar-refractivity contribution is -0.385. The van der Waals surface area contributed by atoms with Gasteiger partial charge in [-0.25, -0.2) is 0 Å². The molecule has 114 valence electrons. The topological polar surface area (TPSA) is 58.4 Å². The lowest BCUT2D eigenvalue weighted by Crippen LogP contribution is -2.45. The van der Waals surface area contributed by atoms with Crippen molar-refractivity contribution in [3.63, 3.8) is 0 Å². The van der Waals surface area contributed by atoms with Gasteiger partial charge in [0.25, 0.3) is 5.69 Å².